The second kappa shape index (κ2) is 5.49. The summed E-state index contributed by atoms with van der Waals surface area (Å²) in [6, 6.07) is 14.8. The van der Waals surface area contributed by atoms with Gasteiger partial charge in [-0.3, -0.25) is 0 Å². The molecule has 21 heavy (non-hydrogen) atoms. The molecule has 0 aliphatic heterocycles. The Morgan fingerprint density at radius 3 is 2.67 bits per heavy atom. The van der Waals surface area contributed by atoms with E-state index in [4.69, 9.17) is 0 Å². The fraction of sp³-hybridized carbons (Fsp3) is 0. The van der Waals surface area contributed by atoms with Gasteiger partial charge in [0.15, 0.2) is 5.69 Å². The van der Waals surface area contributed by atoms with E-state index in [9.17, 15) is 9.90 Å². The minimum atomic E-state index is -1.12. The summed E-state index contributed by atoms with van der Waals surface area (Å²) >= 11 is 3.39. The Bertz CT molecular complexity index is 836. The molecule has 0 bridgehead atoms. The number of halogens is 1. The zero-order chi connectivity index (χ0) is 14.8. The number of fused-ring (bicyclic) bond motifs is 1. The summed E-state index contributed by atoms with van der Waals surface area (Å²) in [6.07, 6.45) is 0. The number of nitrogens with zero attached hydrogens (tertiary/aromatic N) is 2. The van der Waals surface area contributed by atoms with Gasteiger partial charge in [-0.25, -0.2) is 4.79 Å². The molecule has 0 unspecified atom stereocenters. The van der Waals surface area contributed by atoms with Gasteiger partial charge in [0.1, 0.15) is 0 Å². The third-order valence-corrected chi connectivity index (χ3v) is 3.46. The molecule has 104 valence electrons. The van der Waals surface area contributed by atoms with Crippen LogP contribution in [0.2, 0.25) is 0 Å². The molecule has 0 radical (unpaired) electrons. The van der Waals surface area contributed by atoms with E-state index in [2.05, 4.69) is 31.4 Å². The molecule has 3 aromatic rings. The van der Waals surface area contributed by atoms with Gasteiger partial charge < -0.3 is 10.4 Å². The lowest BCUT2D eigenvalue weighted by Gasteiger charge is -2.11. The maximum atomic E-state index is 11.4. The molecule has 0 atom stereocenters. The lowest BCUT2D eigenvalue weighted by Crippen LogP contribution is -2.08. The van der Waals surface area contributed by atoms with Gasteiger partial charge >= 0.3 is 5.97 Å². The van der Waals surface area contributed by atoms with Crippen molar-refractivity contribution in [1.29, 1.82) is 0 Å². The van der Waals surface area contributed by atoms with Gasteiger partial charge in [0.2, 0.25) is 0 Å². The van der Waals surface area contributed by atoms with Crippen LogP contribution < -0.4 is 5.32 Å². The zero-order valence-corrected chi connectivity index (χ0v) is 12.3. The quantitative estimate of drug-likeness (QED) is 0.755. The van der Waals surface area contributed by atoms with Crippen molar-refractivity contribution in [3.8, 4) is 0 Å². The predicted molar refractivity (Wildman–Crippen MR) is 83.9 cm³/mol. The summed E-state index contributed by atoms with van der Waals surface area (Å²) in [5, 5.41) is 20.9. The van der Waals surface area contributed by atoms with E-state index in [0.29, 0.717) is 16.6 Å². The highest BCUT2D eigenvalue weighted by Gasteiger charge is 2.16. The largest absolute Gasteiger partial charge is 0.476 e. The Labute approximate surface area is 128 Å². The molecule has 0 spiro atoms. The number of aromatic nitrogens is 2. The van der Waals surface area contributed by atoms with E-state index >= 15 is 0 Å². The molecule has 2 aromatic carbocycles. The zero-order valence-electron chi connectivity index (χ0n) is 10.7. The number of anilines is 2. The van der Waals surface area contributed by atoms with Crippen molar-refractivity contribution in [1.82, 2.24) is 10.2 Å². The summed E-state index contributed by atoms with van der Waals surface area (Å²) in [4.78, 5) is 11.4. The van der Waals surface area contributed by atoms with Gasteiger partial charge in [-0.2, -0.15) is 0 Å². The van der Waals surface area contributed by atoms with Crippen LogP contribution in [0, 0.1) is 0 Å². The molecule has 6 heteroatoms. The SMILES string of the molecule is O=C(O)c1nnc2ccccc2c1Nc1cccc(Br)c1. The second-order valence-electron chi connectivity index (χ2n) is 4.38. The maximum Gasteiger partial charge on any atom is 0.358 e. The van der Waals surface area contributed by atoms with Crippen LogP contribution in [0.4, 0.5) is 11.4 Å². The van der Waals surface area contributed by atoms with Crippen LogP contribution in [0.3, 0.4) is 0 Å². The smallest absolute Gasteiger partial charge is 0.358 e. The monoisotopic (exact) mass is 343 g/mol. The molecule has 0 amide bonds. The number of carbonyl (C=O) groups is 1. The highest BCUT2D eigenvalue weighted by atomic mass is 79.9. The molecule has 1 aromatic heterocycles. The van der Waals surface area contributed by atoms with Crippen molar-refractivity contribution in [2.45, 2.75) is 0 Å². The number of aromatic carboxylic acids is 1. The van der Waals surface area contributed by atoms with E-state index in [1.165, 1.54) is 0 Å². The van der Waals surface area contributed by atoms with E-state index in [-0.39, 0.29) is 5.69 Å². The van der Waals surface area contributed by atoms with Gasteiger partial charge in [0.05, 0.1) is 11.2 Å². The molecular weight excluding hydrogens is 334 g/mol. The molecule has 2 N–H and O–H groups in total. The standard InChI is InChI=1S/C15H10BrN3O2/c16-9-4-3-5-10(8-9)17-13-11-6-1-2-7-12(11)18-19-14(13)15(20)21/h1-8H,(H,17,18)(H,20,21). The van der Waals surface area contributed by atoms with E-state index in [1.807, 2.05) is 42.5 Å². The molecule has 0 aliphatic carbocycles. The highest BCUT2D eigenvalue weighted by Crippen LogP contribution is 2.28. The van der Waals surface area contributed by atoms with Crippen LogP contribution in [0.5, 0.6) is 0 Å². The molecule has 5 nitrogen and oxygen atoms in total. The molecule has 0 aliphatic rings. The number of hydrogen-bond acceptors (Lipinski definition) is 4. The summed E-state index contributed by atoms with van der Waals surface area (Å²) < 4.78 is 0.899. The number of carboxylic acid groups (broad SMARTS) is 1. The Balaban J connectivity index is 2.18. The predicted octanol–water partition coefficient (Wildman–Crippen LogP) is 3.83. The van der Waals surface area contributed by atoms with Crippen molar-refractivity contribution in [3.63, 3.8) is 0 Å². The van der Waals surface area contributed by atoms with Crippen molar-refractivity contribution in [3.05, 3.63) is 58.7 Å². The van der Waals surface area contributed by atoms with Crippen molar-refractivity contribution in [2.75, 3.05) is 5.32 Å². The molecule has 0 fully saturated rings. The molecule has 3 rings (SSSR count). The van der Waals surface area contributed by atoms with Crippen LogP contribution >= 0.6 is 15.9 Å². The van der Waals surface area contributed by atoms with Crippen LogP contribution in [-0.2, 0) is 0 Å². The van der Waals surface area contributed by atoms with Gasteiger partial charge in [-0.15, -0.1) is 10.2 Å². The molecule has 1 heterocycles. The van der Waals surface area contributed by atoms with E-state index < -0.39 is 5.97 Å². The van der Waals surface area contributed by atoms with Crippen LogP contribution in [0.1, 0.15) is 10.5 Å². The first-order valence-electron chi connectivity index (χ1n) is 6.16. The lowest BCUT2D eigenvalue weighted by molar-refractivity contribution is 0.0690. The Morgan fingerprint density at radius 1 is 1.10 bits per heavy atom. The van der Waals surface area contributed by atoms with Crippen LogP contribution in [0.15, 0.2) is 53.0 Å². The Morgan fingerprint density at radius 2 is 1.90 bits per heavy atom. The lowest BCUT2D eigenvalue weighted by atomic mass is 10.1. The fourth-order valence-corrected chi connectivity index (χ4v) is 2.44. The summed E-state index contributed by atoms with van der Waals surface area (Å²) in [6.45, 7) is 0. The van der Waals surface area contributed by atoms with Crippen molar-refractivity contribution < 1.29 is 9.90 Å². The molecular formula is C15H10BrN3O2. The summed E-state index contributed by atoms with van der Waals surface area (Å²) in [5.41, 5.74) is 1.74. The number of rotatable bonds is 3. The second-order valence-corrected chi connectivity index (χ2v) is 5.30. The first kappa shape index (κ1) is 13.5. The topological polar surface area (TPSA) is 75.1 Å². The summed E-state index contributed by atoms with van der Waals surface area (Å²) in [5.74, 6) is -1.12. The average molecular weight is 344 g/mol. The Hall–Kier alpha value is -2.47. The summed E-state index contributed by atoms with van der Waals surface area (Å²) in [7, 11) is 0. The first-order chi connectivity index (χ1) is 10.1. The third kappa shape index (κ3) is 2.71. The van der Waals surface area contributed by atoms with Crippen LogP contribution in [0.25, 0.3) is 10.9 Å². The van der Waals surface area contributed by atoms with Gasteiger partial charge in [-0.1, -0.05) is 40.2 Å². The molecule has 0 saturated heterocycles. The minimum Gasteiger partial charge on any atom is -0.476 e. The van der Waals surface area contributed by atoms with E-state index in [0.717, 1.165) is 10.2 Å². The molecule has 0 saturated carbocycles. The van der Waals surface area contributed by atoms with Crippen molar-refractivity contribution in [2.24, 2.45) is 0 Å². The third-order valence-electron chi connectivity index (χ3n) is 2.96. The van der Waals surface area contributed by atoms with E-state index in [1.54, 1.807) is 6.07 Å². The van der Waals surface area contributed by atoms with Gasteiger partial charge in [0, 0.05) is 15.5 Å². The van der Waals surface area contributed by atoms with Crippen LogP contribution in [-0.4, -0.2) is 21.3 Å². The number of nitrogens with one attached hydrogen (secondary N) is 1. The minimum absolute atomic E-state index is 0.103. The highest BCUT2D eigenvalue weighted by molar-refractivity contribution is 9.10. The number of hydrogen-bond donors (Lipinski definition) is 2. The van der Waals surface area contributed by atoms with Gasteiger partial charge in [0.25, 0.3) is 0 Å². The number of benzene rings is 2. The van der Waals surface area contributed by atoms with Gasteiger partial charge in [-0.05, 0) is 24.3 Å². The number of carboxylic acids is 1. The van der Waals surface area contributed by atoms with Crippen molar-refractivity contribution >= 4 is 44.2 Å². The maximum absolute atomic E-state index is 11.4. The normalized spacial score (nSPS) is 10.5. The first-order valence-corrected chi connectivity index (χ1v) is 6.96. The Kier molecular flexibility index (Phi) is 3.53. The average Bonchev–Trinajstić information content (AvgIpc) is 2.47. The fourth-order valence-electron chi connectivity index (χ4n) is 2.04.